The Balaban J connectivity index is 2.81. The smallest absolute Gasteiger partial charge is 0.267 e. The molecular weight excluding hydrogens is 230 g/mol. The Bertz CT molecular complexity index is 449. The van der Waals surface area contributed by atoms with Crippen LogP contribution < -0.4 is 5.73 Å². The van der Waals surface area contributed by atoms with Gasteiger partial charge in [-0.2, -0.15) is 8.42 Å². The minimum absolute atomic E-state index is 0.109. The molecule has 4 N–H and O–H groups in total. The molecule has 1 aromatic carbocycles. The van der Waals surface area contributed by atoms with E-state index in [2.05, 4.69) is 0 Å². The third-order valence-corrected chi connectivity index (χ3v) is 3.10. The molecule has 0 spiro atoms. The molecule has 1 atom stereocenters. The van der Waals surface area contributed by atoms with Gasteiger partial charge in [0, 0.05) is 12.1 Å². The monoisotopic (exact) mass is 245 g/mol. The van der Waals surface area contributed by atoms with Gasteiger partial charge in [-0.15, -0.1) is 0 Å². The van der Waals surface area contributed by atoms with Crippen LogP contribution in [-0.4, -0.2) is 29.9 Å². The number of aryl methyl sites for hydroxylation is 1. The largest absolute Gasteiger partial charge is 0.398 e. The lowest BCUT2D eigenvalue weighted by atomic mass is 10.0. The molecule has 0 amide bonds. The number of anilines is 1. The summed E-state index contributed by atoms with van der Waals surface area (Å²) in [7, 11) is -4.16. The van der Waals surface area contributed by atoms with Gasteiger partial charge in [-0.3, -0.25) is 4.55 Å². The molecule has 0 radical (unpaired) electrons. The first-order valence-corrected chi connectivity index (χ1v) is 6.37. The van der Waals surface area contributed by atoms with Gasteiger partial charge in [0.25, 0.3) is 10.1 Å². The van der Waals surface area contributed by atoms with Gasteiger partial charge >= 0.3 is 0 Å². The minimum Gasteiger partial charge on any atom is -0.398 e. The SMILES string of the molecule is Cc1cccc(N)c1CC(O)CS(=O)(=O)O. The van der Waals surface area contributed by atoms with Gasteiger partial charge in [-0.25, -0.2) is 0 Å². The van der Waals surface area contributed by atoms with Crippen LogP contribution in [-0.2, 0) is 16.5 Å². The van der Waals surface area contributed by atoms with Crippen LogP contribution in [0.2, 0.25) is 0 Å². The Morgan fingerprint density at radius 3 is 2.56 bits per heavy atom. The van der Waals surface area contributed by atoms with Gasteiger partial charge in [0.2, 0.25) is 0 Å². The fourth-order valence-corrected chi connectivity index (χ4v) is 2.15. The molecule has 6 heteroatoms. The van der Waals surface area contributed by atoms with E-state index in [-0.39, 0.29) is 6.42 Å². The van der Waals surface area contributed by atoms with E-state index in [1.807, 2.05) is 13.0 Å². The van der Waals surface area contributed by atoms with Crippen LogP contribution in [0.5, 0.6) is 0 Å². The molecule has 0 fully saturated rings. The van der Waals surface area contributed by atoms with E-state index in [4.69, 9.17) is 10.3 Å². The van der Waals surface area contributed by atoms with Crippen LogP contribution in [0, 0.1) is 6.92 Å². The maximum Gasteiger partial charge on any atom is 0.267 e. The Kier molecular flexibility index (Phi) is 3.90. The zero-order valence-corrected chi connectivity index (χ0v) is 9.74. The summed E-state index contributed by atoms with van der Waals surface area (Å²) in [5, 5.41) is 9.49. The first-order chi connectivity index (χ1) is 7.29. The molecule has 0 aromatic heterocycles. The van der Waals surface area contributed by atoms with Crippen LogP contribution in [0.4, 0.5) is 5.69 Å². The second-order valence-electron chi connectivity index (χ2n) is 3.75. The van der Waals surface area contributed by atoms with Crippen molar-refractivity contribution in [3.05, 3.63) is 29.3 Å². The second kappa shape index (κ2) is 4.82. The fourth-order valence-electron chi connectivity index (χ4n) is 1.54. The molecule has 0 bridgehead atoms. The van der Waals surface area contributed by atoms with Crippen molar-refractivity contribution in [2.75, 3.05) is 11.5 Å². The lowest BCUT2D eigenvalue weighted by Crippen LogP contribution is -2.23. The van der Waals surface area contributed by atoms with Crippen molar-refractivity contribution in [2.45, 2.75) is 19.4 Å². The molecule has 0 aliphatic heterocycles. The van der Waals surface area contributed by atoms with Gasteiger partial charge in [-0.1, -0.05) is 12.1 Å². The maximum absolute atomic E-state index is 10.6. The highest BCUT2D eigenvalue weighted by Gasteiger charge is 2.16. The highest BCUT2D eigenvalue weighted by molar-refractivity contribution is 7.85. The second-order valence-corrected chi connectivity index (χ2v) is 5.25. The van der Waals surface area contributed by atoms with E-state index in [0.29, 0.717) is 11.3 Å². The highest BCUT2D eigenvalue weighted by atomic mass is 32.2. The number of hydrogen-bond acceptors (Lipinski definition) is 4. The highest BCUT2D eigenvalue weighted by Crippen LogP contribution is 2.18. The molecule has 5 nitrogen and oxygen atoms in total. The molecule has 90 valence electrons. The molecule has 1 rings (SSSR count). The Hall–Kier alpha value is -1.11. The van der Waals surface area contributed by atoms with Gasteiger partial charge in [0.05, 0.1) is 6.10 Å². The maximum atomic E-state index is 10.6. The minimum atomic E-state index is -4.16. The van der Waals surface area contributed by atoms with Crippen LogP contribution in [0.15, 0.2) is 18.2 Å². The van der Waals surface area contributed by atoms with Crippen molar-refractivity contribution in [1.82, 2.24) is 0 Å². The van der Waals surface area contributed by atoms with Crippen LogP contribution in [0.25, 0.3) is 0 Å². The van der Waals surface area contributed by atoms with Crippen LogP contribution >= 0.6 is 0 Å². The van der Waals surface area contributed by atoms with Crippen molar-refractivity contribution in [2.24, 2.45) is 0 Å². The molecule has 0 saturated heterocycles. The van der Waals surface area contributed by atoms with Crippen LogP contribution in [0.1, 0.15) is 11.1 Å². The quantitative estimate of drug-likeness (QED) is 0.525. The summed E-state index contributed by atoms with van der Waals surface area (Å²) in [4.78, 5) is 0. The topological polar surface area (TPSA) is 101 Å². The summed E-state index contributed by atoms with van der Waals surface area (Å²) >= 11 is 0. The molecule has 16 heavy (non-hydrogen) atoms. The Morgan fingerprint density at radius 2 is 2.06 bits per heavy atom. The summed E-state index contributed by atoms with van der Waals surface area (Å²) < 4.78 is 29.7. The Morgan fingerprint density at radius 1 is 1.44 bits per heavy atom. The number of hydrogen-bond donors (Lipinski definition) is 3. The first-order valence-electron chi connectivity index (χ1n) is 4.77. The van der Waals surface area contributed by atoms with Crippen LogP contribution in [0.3, 0.4) is 0 Å². The average Bonchev–Trinajstić information content (AvgIpc) is 2.08. The summed E-state index contributed by atoms with van der Waals surface area (Å²) in [6, 6.07) is 5.29. The van der Waals surface area contributed by atoms with Gasteiger partial charge in [0.1, 0.15) is 5.75 Å². The standard InChI is InChI=1S/C10H15NO4S/c1-7-3-2-4-10(11)9(7)5-8(12)6-16(13,14)15/h2-4,8,12H,5-6,11H2,1H3,(H,13,14,15). The normalized spacial score (nSPS) is 13.7. The lowest BCUT2D eigenvalue weighted by molar-refractivity contribution is 0.195. The van der Waals surface area contributed by atoms with E-state index in [1.54, 1.807) is 12.1 Å². The molecule has 0 heterocycles. The summed E-state index contributed by atoms with van der Waals surface area (Å²) in [5.41, 5.74) is 7.81. The van der Waals surface area contributed by atoms with Gasteiger partial charge in [0.15, 0.2) is 0 Å². The lowest BCUT2D eigenvalue weighted by Gasteiger charge is -2.13. The number of rotatable bonds is 4. The van der Waals surface area contributed by atoms with E-state index in [0.717, 1.165) is 5.56 Å². The Labute approximate surface area is 94.7 Å². The van der Waals surface area contributed by atoms with Crippen molar-refractivity contribution >= 4 is 15.8 Å². The molecular formula is C10H15NO4S. The summed E-state index contributed by atoms with van der Waals surface area (Å²) in [5.74, 6) is -0.680. The molecule has 1 unspecified atom stereocenters. The van der Waals surface area contributed by atoms with E-state index in [1.165, 1.54) is 0 Å². The third-order valence-electron chi connectivity index (χ3n) is 2.29. The molecule has 0 aliphatic rings. The van der Waals surface area contributed by atoms with E-state index >= 15 is 0 Å². The van der Waals surface area contributed by atoms with Crippen molar-refractivity contribution in [1.29, 1.82) is 0 Å². The van der Waals surface area contributed by atoms with Crippen molar-refractivity contribution in [3.8, 4) is 0 Å². The molecule has 0 saturated carbocycles. The fraction of sp³-hybridized carbons (Fsp3) is 0.400. The first kappa shape index (κ1) is 13.0. The average molecular weight is 245 g/mol. The number of nitrogen functional groups attached to an aromatic ring is 1. The van der Waals surface area contributed by atoms with Gasteiger partial charge in [-0.05, 0) is 24.1 Å². The number of aliphatic hydroxyl groups is 1. The van der Waals surface area contributed by atoms with Crippen molar-refractivity contribution in [3.63, 3.8) is 0 Å². The summed E-state index contributed by atoms with van der Waals surface area (Å²) in [6.45, 7) is 1.83. The number of nitrogens with two attached hydrogens (primary N) is 1. The predicted molar refractivity (Wildman–Crippen MR) is 61.7 cm³/mol. The summed E-state index contributed by atoms with van der Waals surface area (Å²) in [6.07, 6.45) is -1.04. The van der Waals surface area contributed by atoms with Gasteiger partial charge < -0.3 is 10.8 Å². The number of aliphatic hydroxyl groups excluding tert-OH is 1. The molecule has 0 aliphatic carbocycles. The zero-order chi connectivity index (χ0) is 12.3. The predicted octanol–water partition coefficient (Wildman–Crippen LogP) is 0.368. The third kappa shape index (κ3) is 3.80. The van der Waals surface area contributed by atoms with Crippen molar-refractivity contribution < 1.29 is 18.1 Å². The van der Waals surface area contributed by atoms with E-state index in [9.17, 15) is 13.5 Å². The van der Waals surface area contributed by atoms with E-state index < -0.39 is 22.0 Å². The molecule has 1 aromatic rings. The zero-order valence-electron chi connectivity index (χ0n) is 8.92. The number of benzene rings is 1.